The Morgan fingerprint density at radius 1 is 0.864 bits per heavy atom. The van der Waals surface area contributed by atoms with Crippen molar-refractivity contribution in [2.24, 2.45) is 0 Å². The molecule has 112 valence electrons. The lowest BCUT2D eigenvalue weighted by Crippen LogP contribution is -2.20. The minimum atomic E-state index is -0.715. The summed E-state index contributed by atoms with van der Waals surface area (Å²) in [6.45, 7) is 3.61. The number of nitriles is 2. The van der Waals surface area contributed by atoms with Crippen molar-refractivity contribution in [1.29, 1.82) is 10.5 Å². The van der Waals surface area contributed by atoms with E-state index in [1.54, 1.807) is 26.0 Å². The molecule has 0 saturated carbocycles. The van der Waals surface area contributed by atoms with Crippen LogP contribution in [0.3, 0.4) is 0 Å². The molecule has 0 spiro atoms. The number of carbonyl (C=O) groups excluding carboxylic acids is 2. The Kier molecular flexibility index (Phi) is 6.33. The van der Waals surface area contributed by atoms with Gasteiger partial charge in [0.15, 0.2) is 0 Å². The number of rotatable bonds is 4. The van der Waals surface area contributed by atoms with E-state index < -0.39 is 11.9 Å². The van der Waals surface area contributed by atoms with Crippen LogP contribution in [0, 0.1) is 22.7 Å². The van der Waals surface area contributed by atoms with E-state index in [-0.39, 0.29) is 24.4 Å². The summed E-state index contributed by atoms with van der Waals surface area (Å²) in [4.78, 5) is 23.3. The van der Waals surface area contributed by atoms with E-state index in [9.17, 15) is 9.59 Å². The zero-order valence-electron chi connectivity index (χ0n) is 12.3. The molecule has 0 heterocycles. The monoisotopic (exact) mass is 298 g/mol. The molecule has 0 aliphatic rings. The highest BCUT2D eigenvalue weighted by atomic mass is 16.5. The molecule has 0 fully saturated rings. The van der Waals surface area contributed by atoms with Crippen LogP contribution in [0.25, 0.3) is 11.1 Å². The molecule has 0 saturated heterocycles. The molecule has 1 aromatic rings. The van der Waals surface area contributed by atoms with E-state index in [1.165, 1.54) is 24.3 Å². The molecule has 6 nitrogen and oxygen atoms in total. The normalized spacial score (nSPS) is 9.09. The second kappa shape index (κ2) is 8.23. The molecule has 0 bridgehead atoms. The predicted molar refractivity (Wildman–Crippen MR) is 77.0 cm³/mol. The van der Waals surface area contributed by atoms with E-state index in [2.05, 4.69) is 0 Å². The number of benzene rings is 1. The Balaban J connectivity index is 3.41. The second-order valence-corrected chi connectivity index (χ2v) is 3.99. The summed E-state index contributed by atoms with van der Waals surface area (Å²) < 4.78 is 9.58. The first kappa shape index (κ1) is 16.9. The van der Waals surface area contributed by atoms with Gasteiger partial charge in [0.05, 0.1) is 13.2 Å². The van der Waals surface area contributed by atoms with Gasteiger partial charge in [0, 0.05) is 0 Å². The van der Waals surface area contributed by atoms with Gasteiger partial charge in [0.2, 0.25) is 0 Å². The van der Waals surface area contributed by atoms with Crippen LogP contribution < -0.4 is 10.4 Å². The average molecular weight is 298 g/mol. The first-order valence-electron chi connectivity index (χ1n) is 6.58. The van der Waals surface area contributed by atoms with Crippen LogP contribution in [0.4, 0.5) is 0 Å². The largest absolute Gasteiger partial charge is 0.462 e. The number of carbonyl (C=O) groups is 2. The summed E-state index contributed by atoms with van der Waals surface area (Å²) in [5, 5.41) is 18.8. The van der Waals surface area contributed by atoms with Crippen LogP contribution in [0.5, 0.6) is 0 Å². The van der Waals surface area contributed by atoms with Gasteiger partial charge in [-0.15, -0.1) is 0 Å². The van der Waals surface area contributed by atoms with Crippen molar-refractivity contribution in [2.75, 3.05) is 13.2 Å². The van der Waals surface area contributed by atoms with Crippen LogP contribution >= 0.6 is 0 Å². The van der Waals surface area contributed by atoms with E-state index in [0.29, 0.717) is 10.4 Å². The zero-order valence-corrected chi connectivity index (χ0v) is 12.3. The lowest BCUT2D eigenvalue weighted by Gasteiger charge is -2.00. The molecule has 6 heteroatoms. The van der Waals surface area contributed by atoms with Crippen LogP contribution in [-0.4, -0.2) is 25.2 Å². The fraction of sp³-hybridized carbons (Fsp3) is 0.250. The van der Waals surface area contributed by atoms with E-state index in [0.717, 1.165) is 0 Å². The van der Waals surface area contributed by atoms with Gasteiger partial charge in [-0.1, -0.05) is 24.3 Å². The van der Waals surface area contributed by atoms with Gasteiger partial charge in [0.25, 0.3) is 0 Å². The highest BCUT2D eigenvalue weighted by Gasteiger charge is 2.12. The highest BCUT2D eigenvalue weighted by Crippen LogP contribution is 1.97. The second-order valence-electron chi connectivity index (χ2n) is 3.99. The van der Waals surface area contributed by atoms with Crippen molar-refractivity contribution < 1.29 is 19.1 Å². The van der Waals surface area contributed by atoms with Gasteiger partial charge in [-0.05, 0) is 24.3 Å². The van der Waals surface area contributed by atoms with Crippen molar-refractivity contribution in [3.8, 4) is 12.1 Å². The molecule has 0 amide bonds. The maximum absolute atomic E-state index is 11.6. The van der Waals surface area contributed by atoms with Crippen molar-refractivity contribution in [2.45, 2.75) is 13.8 Å². The Morgan fingerprint density at radius 2 is 1.18 bits per heavy atom. The minimum absolute atomic E-state index is 0.136. The van der Waals surface area contributed by atoms with Crippen molar-refractivity contribution in [3.63, 3.8) is 0 Å². The molecule has 0 aliphatic carbocycles. The smallest absolute Gasteiger partial charge is 0.349 e. The van der Waals surface area contributed by atoms with Gasteiger partial charge >= 0.3 is 11.9 Å². The van der Waals surface area contributed by atoms with Crippen LogP contribution in [0.15, 0.2) is 24.3 Å². The lowest BCUT2D eigenvalue weighted by atomic mass is 10.1. The number of ether oxygens (including phenoxy) is 2. The minimum Gasteiger partial charge on any atom is -0.462 e. The molecule has 0 unspecified atom stereocenters. The third kappa shape index (κ3) is 3.94. The standard InChI is InChI=1S/C16H14N2O4/c1-3-21-15(19)13(9-17)11-5-7-12(8-6-11)14(10-18)16(20)22-4-2/h5-8H,3-4H2,1-2H3. The number of esters is 2. The summed E-state index contributed by atoms with van der Waals surface area (Å²) in [5.41, 5.74) is -0.272. The van der Waals surface area contributed by atoms with Crippen molar-refractivity contribution in [1.82, 2.24) is 0 Å². The Hall–Kier alpha value is -3.12. The maximum Gasteiger partial charge on any atom is 0.349 e. The van der Waals surface area contributed by atoms with Crippen molar-refractivity contribution in [3.05, 3.63) is 34.7 Å². The van der Waals surface area contributed by atoms with E-state index in [1.807, 2.05) is 0 Å². The molecular formula is C16H14N2O4. The lowest BCUT2D eigenvalue weighted by molar-refractivity contribution is -0.136. The molecule has 0 atom stereocenters. The summed E-state index contributed by atoms with van der Waals surface area (Å²) in [6, 6.07) is 9.47. The zero-order chi connectivity index (χ0) is 16.5. The van der Waals surface area contributed by atoms with Crippen molar-refractivity contribution >= 4 is 23.1 Å². The van der Waals surface area contributed by atoms with Gasteiger partial charge in [0.1, 0.15) is 23.3 Å². The molecule has 0 aromatic heterocycles. The Morgan fingerprint density at radius 3 is 1.41 bits per heavy atom. The summed E-state index contributed by atoms with van der Waals surface area (Å²) >= 11 is 0. The van der Waals surface area contributed by atoms with Gasteiger partial charge in [-0.25, -0.2) is 9.59 Å². The molecule has 1 aromatic carbocycles. The topological polar surface area (TPSA) is 100 Å². The summed E-state index contributed by atoms with van der Waals surface area (Å²) in [6.07, 6.45) is 0. The molecule has 0 radical (unpaired) electrons. The summed E-state index contributed by atoms with van der Waals surface area (Å²) in [7, 11) is 0. The highest BCUT2D eigenvalue weighted by molar-refractivity contribution is 6.16. The van der Waals surface area contributed by atoms with E-state index in [4.69, 9.17) is 20.0 Å². The molecule has 0 N–H and O–H groups in total. The SMILES string of the molecule is CCOC(=O)C(C#N)=c1ccc(=C(C#N)C(=O)OCC)cc1. The average Bonchev–Trinajstić information content (AvgIpc) is 2.51. The number of hydrogen-bond donors (Lipinski definition) is 0. The maximum atomic E-state index is 11.6. The number of hydrogen-bond acceptors (Lipinski definition) is 6. The molecule has 22 heavy (non-hydrogen) atoms. The fourth-order valence-corrected chi connectivity index (χ4v) is 1.67. The van der Waals surface area contributed by atoms with Crippen LogP contribution in [-0.2, 0) is 19.1 Å². The first-order chi connectivity index (χ1) is 10.6. The molecular weight excluding hydrogens is 284 g/mol. The third-order valence-corrected chi connectivity index (χ3v) is 2.64. The summed E-state index contributed by atoms with van der Waals surface area (Å²) in [5.74, 6) is -1.43. The number of nitrogens with zero attached hydrogens (tertiary/aromatic N) is 2. The molecule has 0 aliphatic heterocycles. The van der Waals surface area contributed by atoms with Gasteiger partial charge in [-0.2, -0.15) is 10.5 Å². The van der Waals surface area contributed by atoms with Gasteiger partial charge in [-0.3, -0.25) is 0 Å². The molecule has 1 rings (SSSR count). The van der Waals surface area contributed by atoms with Crippen LogP contribution in [0.1, 0.15) is 13.8 Å². The predicted octanol–water partition coefficient (Wildman–Crippen LogP) is 0.161. The van der Waals surface area contributed by atoms with Gasteiger partial charge < -0.3 is 9.47 Å². The van der Waals surface area contributed by atoms with Crippen LogP contribution in [0.2, 0.25) is 0 Å². The Bertz CT molecular complexity index is 691. The third-order valence-electron chi connectivity index (χ3n) is 2.64. The fourth-order valence-electron chi connectivity index (χ4n) is 1.67. The quantitative estimate of drug-likeness (QED) is 0.734. The first-order valence-corrected chi connectivity index (χ1v) is 6.58. The Labute approximate surface area is 127 Å². The van der Waals surface area contributed by atoms with E-state index >= 15 is 0 Å².